The highest BCUT2D eigenvalue weighted by atomic mass is 35.5. The van der Waals surface area contributed by atoms with Crippen molar-refractivity contribution in [2.45, 2.75) is 13.0 Å². The largest absolute Gasteiger partial charge is 0.461 e. The number of carbonyl (C=O) groups is 3. The highest BCUT2D eigenvalue weighted by molar-refractivity contribution is 6.48. The number of halogens is 1. The molecule has 2 amide bonds. The Kier molecular flexibility index (Phi) is 4.60. The van der Waals surface area contributed by atoms with Gasteiger partial charge in [0, 0.05) is 0 Å². The number of fused-ring (bicyclic) bond motifs is 1. The van der Waals surface area contributed by atoms with Crippen LogP contribution in [0.25, 0.3) is 0 Å². The van der Waals surface area contributed by atoms with Crippen molar-refractivity contribution in [2.24, 2.45) is 11.0 Å². The summed E-state index contributed by atoms with van der Waals surface area (Å²) < 4.78 is 5.06. The van der Waals surface area contributed by atoms with Crippen LogP contribution in [0.3, 0.4) is 0 Å². The van der Waals surface area contributed by atoms with Crippen LogP contribution in [-0.2, 0) is 19.1 Å². The first-order valence-electron chi connectivity index (χ1n) is 8.76. The summed E-state index contributed by atoms with van der Waals surface area (Å²) in [7, 11) is 0. The number of para-hydroxylation sites is 2. The molecule has 1 fully saturated rings. The molecule has 4 rings (SSSR count). The second-order valence-corrected chi connectivity index (χ2v) is 6.68. The van der Waals surface area contributed by atoms with E-state index in [1.54, 1.807) is 55.5 Å². The number of hydrogen-bond donors (Lipinski definition) is 0. The number of imide groups is 1. The van der Waals surface area contributed by atoms with Gasteiger partial charge in [0.1, 0.15) is 12.0 Å². The lowest BCUT2D eigenvalue weighted by atomic mass is 9.98. The minimum atomic E-state index is -1.05. The Bertz CT molecular complexity index is 992. The maximum absolute atomic E-state index is 13.2. The van der Waals surface area contributed by atoms with Gasteiger partial charge in [-0.3, -0.25) is 14.6 Å². The van der Waals surface area contributed by atoms with E-state index in [2.05, 4.69) is 5.10 Å². The van der Waals surface area contributed by atoms with Gasteiger partial charge in [0.2, 0.25) is 5.91 Å². The minimum Gasteiger partial charge on any atom is -0.461 e. The summed E-state index contributed by atoms with van der Waals surface area (Å²) in [5, 5.41) is 5.97. The fourth-order valence-corrected chi connectivity index (χ4v) is 3.67. The molecule has 142 valence electrons. The normalized spacial score (nSPS) is 21.0. The van der Waals surface area contributed by atoms with E-state index in [0.29, 0.717) is 5.69 Å². The Labute approximate surface area is 166 Å². The zero-order valence-electron chi connectivity index (χ0n) is 14.9. The quantitative estimate of drug-likeness (QED) is 0.585. The predicted octanol–water partition coefficient (Wildman–Crippen LogP) is 2.64. The van der Waals surface area contributed by atoms with Crippen LogP contribution in [0.2, 0.25) is 5.02 Å². The highest BCUT2D eigenvalue weighted by Crippen LogP contribution is 2.39. The molecule has 2 heterocycles. The molecule has 8 heteroatoms. The average molecular weight is 398 g/mol. The molecule has 0 spiro atoms. The van der Waals surface area contributed by atoms with Crippen LogP contribution < -0.4 is 9.91 Å². The molecule has 0 radical (unpaired) electrons. The molecule has 0 saturated carbocycles. The van der Waals surface area contributed by atoms with Gasteiger partial charge < -0.3 is 4.74 Å². The van der Waals surface area contributed by atoms with Gasteiger partial charge in [-0.15, -0.1) is 0 Å². The summed E-state index contributed by atoms with van der Waals surface area (Å²) in [6.07, 6.45) is 0. The summed E-state index contributed by atoms with van der Waals surface area (Å²) in [6, 6.07) is 14.5. The van der Waals surface area contributed by atoms with E-state index in [1.807, 2.05) is 6.07 Å². The third-order valence-corrected chi connectivity index (χ3v) is 4.97. The summed E-state index contributed by atoms with van der Waals surface area (Å²) in [4.78, 5) is 39.9. The third kappa shape index (κ3) is 2.75. The lowest BCUT2D eigenvalue weighted by Gasteiger charge is -2.22. The Balaban J connectivity index is 1.81. The number of nitrogens with zero attached hydrogens (tertiary/aromatic N) is 3. The van der Waals surface area contributed by atoms with Crippen molar-refractivity contribution in [3.8, 4) is 0 Å². The molecular weight excluding hydrogens is 382 g/mol. The Morgan fingerprint density at radius 3 is 2.43 bits per heavy atom. The van der Waals surface area contributed by atoms with E-state index in [1.165, 1.54) is 5.01 Å². The molecule has 2 atom stereocenters. The number of amides is 2. The summed E-state index contributed by atoms with van der Waals surface area (Å²) in [5.41, 5.74) is 0.798. The van der Waals surface area contributed by atoms with Crippen LogP contribution in [0, 0.1) is 5.92 Å². The number of rotatable bonds is 4. The number of hydrazone groups is 1. The van der Waals surface area contributed by atoms with E-state index in [4.69, 9.17) is 16.3 Å². The van der Waals surface area contributed by atoms with Crippen LogP contribution in [0.1, 0.15) is 6.92 Å². The number of esters is 1. The van der Waals surface area contributed by atoms with Crippen LogP contribution in [0.15, 0.2) is 59.7 Å². The third-order valence-electron chi connectivity index (χ3n) is 4.65. The Hall–Kier alpha value is -3.19. The molecule has 28 heavy (non-hydrogen) atoms. The molecule has 1 saturated heterocycles. The van der Waals surface area contributed by atoms with E-state index in [0.717, 1.165) is 4.90 Å². The summed E-state index contributed by atoms with van der Waals surface area (Å²) in [6.45, 7) is 1.80. The lowest BCUT2D eigenvalue weighted by molar-refractivity contribution is -0.136. The van der Waals surface area contributed by atoms with Crippen molar-refractivity contribution in [1.82, 2.24) is 0 Å². The smallest absolute Gasteiger partial charge is 0.355 e. The number of benzene rings is 2. The molecular formula is C20H16ClN3O4. The van der Waals surface area contributed by atoms with Gasteiger partial charge in [0.25, 0.3) is 5.91 Å². The van der Waals surface area contributed by atoms with Gasteiger partial charge >= 0.3 is 5.97 Å². The monoisotopic (exact) mass is 397 g/mol. The van der Waals surface area contributed by atoms with Crippen LogP contribution >= 0.6 is 11.6 Å². The molecule has 7 nitrogen and oxygen atoms in total. The number of ether oxygens (including phenoxy) is 1. The topological polar surface area (TPSA) is 79.3 Å². The average Bonchev–Trinajstić information content (AvgIpc) is 3.21. The first-order chi connectivity index (χ1) is 13.5. The molecule has 2 aliphatic rings. The molecule has 2 aromatic carbocycles. The molecule has 0 aromatic heterocycles. The fourth-order valence-electron chi connectivity index (χ4n) is 3.45. The highest BCUT2D eigenvalue weighted by Gasteiger charge is 2.59. The van der Waals surface area contributed by atoms with Crippen LogP contribution in [-0.4, -0.2) is 36.1 Å². The van der Waals surface area contributed by atoms with Crippen LogP contribution in [0.5, 0.6) is 0 Å². The minimum absolute atomic E-state index is 0.0800. The standard InChI is InChI=1S/C20H16ClN3O4/c1-2-28-20(27)16-15-17(24(22-16)12-8-4-3-5-9-12)19(26)23(18(15)25)14-11-7-6-10-13(14)21/h3-11,15,17H,2H2,1H3/t15-,17-/m0/s1. The molecule has 0 unspecified atom stereocenters. The van der Waals surface area contributed by atoms with Crippen molar-refractivity contribution >= 4 is 46.5 Å². The maximum Gasteiger partial charge on any atom is 0.355 e. The molecule has 2 aliphatic heterocycles. The van der Waals surface area contributed by atoms with Crippen molar-refractivity contribution in [2.75, 3.05) is 16.5 Å². The zero-order valence-corrected chi connectivity index (χ0v) is 15.7. The van der Waals surface area contributed by atoms with E-state index in [-0.39, 0.29) is 23.0 Å². The van der Waals surface area contributed by atoms with Gasteiger partial charge in [0.05, 0.1) is 23.0 Å². The second kappa shape index (κ2) is 7.09. The van der Waals surface area contributed by atoms with Gasteiger partial charge in [0.15, 0.2) is 5.71 Å². The lowest BCUT2D eigenvalue weighted by Crippen LogP contribution is -2.39. The number of carbonyl (C=O) groups excluding carboxylic acids is 3. The first kappa shape index (κ1) is 18.2. The van der Waals surface area contributed by atoms with E-state index < -0.39 is 29.7 Å². The van der Waals surface area contributed by atoms with Gasteiger partial charge in [-0.25, -0.2) is 9.69 Å². The predicted molar refractivity (Wildman–Crippen MR) is 104 cm³/mol. The molecule has 0 aliphatic carbocycles. The second-order valence-electron chi connectivity index (χ2n) is 6.27. The van der Waals surface area contributed by atoms with Crippen molar-refractivity contribution in [3.05, 3.63) is 59.6 Å². The SMILES string of the molecule is CCOC(=O)C1=NN(c2ccccc2)[C@@H]2C(=O)N(c3ccccc3Cl)C(=O)[C@@H]12. The van der Waals surface area contributed by atoms with Crippen molar-refractivity contribution < 1.29 is 19.1 Å². The van der Waals surface area contributed by atoms with Crippen LogP contribution in [0.4, 0.5) is 11.4 Å². The number of hydrogen-bond acceptors (Lipinski definition) is 6. The molecule has 2 aromatic rings. The van der Waals surface area contributed by atoms with Crippen molar-refractivity contribution in [1.29, 1.82) is 0 Å². The zero-order chi connectivity index (χ0) is 19.8. The first-order valence-corrected chi connectivity index (χ1v) is 9.14. The Morgan fingerprint density at radius 2 is 1.75 bits per heavy atom. The van der Waals surface area contributed by atoms with Gasteiger partial charge in [-0.2, -0.15) is 5.10 Å². The fraction of sp³-hybridized carbons (Fsp3) is 0.200. The van der Waals surface area contributed by atoms with E-state index >= 15 is 0 Å². The van der Waals surface area contributed by atoms with E-state index in [9.17, 15) is 14.4 Å². The molecule has 0 N–H and O–H groups in total. The van der Waals surface area contributed by atoms with Gasteiger partial charge in [-0.05, 0) is 31.2 Å². The Morgan fingerprint density at radius 1 is 1.07 bits per heavy atom. The number of anilines is 2. The molecule has 0 bridgehead atoms. The summed E-state index contributed by atoms with van der Waals surface area (Å²) >= 11 is 6.21. The van der Waals surface area contributed by atoms with Crippen molar-refractivity contribution in [3.63, 3.8) is 0 Å². The maximum atomic E-state index is 13.2. The van der Waals surface area contributed by atoms with Gasteiger partial charge in [-0.1, -0.05) is 41.9 Å². The summed E-state index contributed by atoms with van der Waals surface area (Å²) in [5.74, 6) is -2.80.